The summed E-state index contributed by atoms with van der Waals surface area (Å²) in [4.78, 5) is 14.9. The summed E-state index contributed by atoms with van der Waals surface area (Å²) in [5.41, 5.74) is 2.98. The molecule has 2 aliphatic heterocycles. The van der Waals surface area contributed by atoms with Crippen molar-refractivity contribution in [3.63, 3.8) is 0 Å². The summed E-state index contributed by atoms with van der Waals surface area (Å²) in [6.45, 7) is 4.02. The Hall–Kier alpha value is -2.41. The maximum absolute atomic E-state index is 15.8. The molecule has 6 rings (SSSR count). The fourth-order valence-corrected chi connectivity index (χ4v) is 5.48. The van der Waals surface area contributed by atoms with Gasteiger partial charge in [-0.1, -0.05) is 0 Å². The van der Waals surface area contributed by atoms with E-state index in [2.05, 4.69) is 10.4 Å². The largest absolute Gasteiger partial charge is 0.489 e. The number of amides is 1. The number of carbonyl (C=O) groups is 1. The number of carbonyl (C=O) groups excluding carboxylic acids is 1. The van der Waals surface area contributed by atoms with E-state index < -0.39 is 0 Å². The molecule has 0 bridgehead atoms. The zero-order chi connectivity index (χ0) is 22.5. The predicted octanol–water partition coefficient (Wildman–Crippen LogP) is 4.62. The van der Waals surface area contributed by atoms with Crippen LogP contribution < -0.4 is 15.0 Å². The van der Waals surface area contributed by atoms with E-state index in [-0.39, 0.29) is 29.8 Å². The lowest BCUT2D eigenvalue weighted by Crippen LogP contribution is -2.44. The van der Waals surface area contributed by atoms with Crippen LogP contribution in [0.2, 0.25) is 0 Å². The van der Waals surface area contributed by atoms with Gasteiger partial charge in [-0.25, -0.2) is 4.39 Å². The van der Waals surface area contributed by atoms with Crippen molar-refractivity contribution in [2.24, 2.45) is 5.92 Å². The van der Waals surface area contributed by atoms with Crippen LogP contribution in [0.15, 0.2) is 18.5 Å². The highest BCUT2D eigenvalue weighted by Gasteiger charge is 2.41. The third kappa shape index (κ3) is 3.84. The quantitative estimate of drug-likeness (QED) is 0.719. The molecule has 1 amide bonds. The monoisotopic (exact) mass is 452 g/mol. The van der Waals surface area contributed by atoms with E-state index in [4.69, 9.17) is 4.74 Å². The second kappa shape index (κ2) is 8.42. The lowest BCUT2D eigenvalue weighted by Gasteiger charge is -2.38. The van der Waals surface area contributed by atoms with E-state index in [0.717, 1.165) is 86.9 Å². The van der Waals surface area contributed by atoms with Crippen LogP contribution in [0, 0.1) is 11.7 Å². The Morgan fingerprint density at radius 1 is 1.15 bits per heavy atom. The number of aromatic nitrogens is 2. The smallest absolute Gasteiger partial charge is 0.230 e. The van der Waals surface area contributed by atoms with Crippen LogP contribution in [0.5, 0.6) is 5.75 Å². The van der Waals surface area contributed by atoms with E-state index in [1.807, 2.05) is 24.0 Å². The molecule has 1 aromatic heterocycles. The van der Waals surface area contributed by atoms with Gasteiger partial charge in [0.2, 0.25) is 5.91 Å². The number of nitrogens with one attached hydrogen (secondary N) is 1. The molecule has 2 aliphatic carbocycles. The summed E-state index contributed by atoms with van der Waals surface area (Å²) < 4.78 is 24.3. The average Bonchev–Trinajstić information content (AvgIpc) is 3.54. The first-order chi connectivity index (χ1) is 16.1. The highest BCUT2D eigenvalue weighted by molar-refractivity contribution is 5.99. The minimum absolute atomic E-state index is 0.00478. The number of hydrogen-bond donors (Lipinski definition) is 1. The topological polar surface area (TPSA) is 59.4 Å². The zero-order valence-electron chi connectivity index (χ0n) is 19.4. The molecule has 2 aromatic rings. The molecule has 3 fully saturated rings. The molecule has 33 heavy (non-hydrogen) atoms. The van der Waals surface area contributed by atoms with Gasteiger partial charge in [0, 0.05) is 34.8 Å². The van der Waals surface area contributed by atoms with Crippen LogP contribution in [-0.4, -0.2) is 40.9 Å². The molecule has 2 saturated carbocycles. The van der Waals surface area contributed by atoms with Crippen LogP contribution in [0.25, 0.3) is 11.1 Å². The molecule has 3 heterocycles. The third-order valence-electron chi connectivity index (χ3n) is 7.89. The minimum Gasteiger partial charge on any atom is -0.489 e. The number of rotatable bonds is 5. The molecular formula is C26H33FN4O2. The van der Waals surface area contributed by atoms with Gasteiger partial charge in [0.1, 0.15) is 11.6 Å². The fraction of sp³-hybridized carbons (Fsp3) is 0.615. The third-order valence-corrected chi connectivity index (χ3v) is 7.89. The Bertz CT molecular complexity index is 1050. The van der Waals surface area contributed by atoms with Gasteiger partial charge in [0.25, 0.3) is 0 Å². The standard InChI is InChI=1S/C26H33FN4O2/c1-16-5-8-21-24(31(16)26(32)17-6-7-17)23(27)13-22(25(21)33-20-3-2-4-20)18-14-29-30(15-18)19-9-11-28-12-10-19/h13-17,19-20,28H,2-12H2,1H3. The van der Waals surface area contributed by atoms with Crippen molar-refractivity contribution in [2.75, 3.05) is 18.0 Å². The van der Waals surface area contributed by atoms with Crippen molar-refractivity contribution in [3.05, 3.63) is 29.8 Å². The lowest BCUT2D eigenvalue weighted by molar-refractivity contribution is -0.120. The summed E-state index contributed by atoms with van der Waals surface area (Å²) in [7, 11) is 0. The summed E-state index contributed by atoms with van der Waals surface area (Å²) in [5.74, 6) is 0.567. The second-order valence-corrected chi connectivity index (χ2v) is 10.3. The van der Waals surface area contributed by atoms with Crippen molar-refractivity contribution in [1.82, 2.24) is 15.1 Å². The first-order valence-corrected chi connectivity index (χ1v) is 12.7. The van der Waals surface area contributed by atoms with Gasteiger partial charge in [-0.2, -0.15) is 5.10 Å². The summed E-state index contributed by atoms with van der Waals surface area (Å²) in [6.07, 6.45) is 12.7. The van der Waals surface area contributed by atoms with Gasteiger partial charge >= 0.3 is 0 Å². The summed E-state index contributed by atoms with van der Waals surface area (Å²) >= 11 is 0. The van der Waals surface area contributed by atoms with Gasteiger partial charge in [-0.15, -0.1) is 0 Å². The van der Waals surface area contributed by atoms with Crippen molar-refractivity contribution in [2.45, 2.75) is 82.9 Å². The van der Waals surface area contributed by atoms with E-state index in [1.165, 1.54) is 6.42 Å². The van der Waals surface area contributed by atoms with E-state index >= 15 is 4.39 Å². The van der Waals surface area contributed by atoms with Crippen molar-refractivity contribution >= 4 is 11.6 Å². The number of fused-ring (bicyclic) bond motifs is 1. The number of piperidine rings is 1. The number of ether oxygens (including phenoxy) is 1. The van der Waals surface area contributed by atoms with Crippen LogP contribution in [0.3, 0.4) is 0 Å². The number of nitrogens with zero attached hydrogens (tertiary/aromatic N) is 3. The highest BCUT2D eigenvalue weighted by atomic mass is 19.1. The fourth-order valence-electron chi connectivity index (χ4n) is 5.48. The van der Waals surface area contributed by atoms with E-state index in [0.29, 0.717) is 11.7 Å². The van der Waals surface area contributed by atoms with Crippen molar-refractivity contribution in [3.8, 4) is 16.9 Å². The van der Waals surface area contributed by atoms with Crippen LogP contribution in [0.4, 0.5) is 10.1 Å². The normalized spacial score (nSPS) is 23.8. The predicted molar refractivity (Wildman–Crippen MR) is 125 cm³/mol. The summed E-state index contributed by atoms with van der Waals surface area (Å²) in [6, 6.07) is 1.96. The van der Waals surface area contributed by atoms with Gasteiger partial charge in [-0.05, 0) is 83.9 Å². The highest BCUT2D eigenvalue weighted by Crippen LogP contribution is 2.47. The molecular weight excluding hydrogens is 419 g/mol. The Labute approximate surface area is 194 Å². The first kappa shape index (κ1) is 21.1. The Kier molecular flexibility index (Phi) is 5.40. The van der Waals surface area contributed by atoms with Gasteiger partial charge < -0.3 is 15.0 Å². The summed E-state index contributed by atoms with van der Waals surface area (Å²) in [5, 5.41) is 8.04. The molecule has 1 N–H and O–H groups in total. The van der Waals surface area contributed by atoms with Crippen LogP contribution in [0.1, 0.15) is 69.9 Å². The molecule has 0 radical (unpaired) electrons. The van der Waals surface area contributed by atoms with Crippen molar-refractivity contribution < 1.29 is 13.9 Å². The molecule has 7 heteroatoms. The van der Waals surface area contributed by atoms with Gasteiger partial charge in [0.15, 0.2) is 0 Å². The maximum atomic E-state index is 15.8. The zero-order valence-corrected chi connectivity index (χ0v) is 19.4. The van der Waals surface area contributed by atoms with E-state index in [1.54, 1.807) is 11.0 Å². The molecule has 6 nitrogen and oxygen atoms in total. The molecule has 1 aromatic carbocycles. The average molecular weight is 453 g/mol. The molecule has 1 atom stereocenters. The number of hydrogen-bond acceptors (Lipinski definition) is 4. The molecule has 1 unspecified atom stereocenters. The minimum atomic E-state index is -0.323. The van der Waals surface area contributed by atoms with Crippen LogP contribution >= 0.6 is 0 Å². The SMILES string of the molecule is CC1CCc2c(OC3CCC3)c(-c3cnn(C4CCNCC4)c3)cc(F)c2N1C(=O)C1CC1. The first-order valence-electron chi connectivity index (χ1n) is 12.7. The number of anilines is 1. The molecule has 0 spiro atoms. The molecule has 176 valence electrons. The number of halogens is 1. The number of benzene rings is 1. The Balaban J connectivity index is 1.43. The maximum Gasteiger partial charge on any atom is 0.230 e. The van der Waals surface area contributed by atoms with E-state index in [9.17, 15) is 4.79 Å². The van der Waals surface area contributed by atoms with Gasteiger partial charge in [0.05, 0.1) is 24.0 Å². The van der Waals surface area contributed by atoms with Crippen molar-refractivity contribution in [1.29, 1.82) is 0 Å². The lowest BCUT2D eigenvalue weighted by atomic mass is 9.90. The van der Waals surface area contributed by atoms with Crippen LogP contribution in [-0.2, 0) is 11.2 Å². The molecule has 4 aliphatic rings. The Morgan fingerprint density at radius 3 is 2.64 bits per heavy atom. The Morgan fingerprint density at radius 2 is 1.94 bits per heavy atom. The second-order valence-electron chi connectivity index (χ2n) is 10.3. The molecule has 1 saturated heterocycles. The van der Waals surface area contributed by atoms with Gasteiger partial charge in [-0.3, -0.25) is 9.48 Å².